The van der Waals surface area contributed by atoms with Crippen molar-refractivity contribution in [2.75, 3.05) is 5.32 Å². The molecule has 1 atom stereocenters. The summed E-state index contributed by atoms with van der Waals surface area (Å²) in [7, 11) is 0. The Morgan fingerprint density at radius 1 is 1.36 bits per heavy atom. The summed E-state index contributed by atoms with van der Waals surface area (Å²) in [6, 6.07) is 7.10. The molecule has 0 spiro atoms. The predicted octanol–water partition coefficient (Wildman–Crippen LogP) is 3.82. The third-order valence-electron chi connectivity index (χ3n) is 2.33. The van der Waals surface area contributed by atoms with Crippen molar-refractivity contribution in [1.29, 1.82) is 0 Å². The van der Waals surface area contributed by atoms with Gasteiger partial charge in [-0.05, 0) is 31.0 Å². The molecular formula is C12H18FN. The molecule has 14 heavy (non-hydrogen) atoms. The number of benzene rings is 1. The highest BCUT2D eigenvalue weighted by Crippen LogP contribution is 2.13. The highest BCUT2D eigenvalue weighted by atomic mass is 19.1. The summed E-state index contributed by atoms with van der Waals surface area (Å²) in [6.07, 6.45) is 3.36. The van der Waals surface area contributed by atoms with Crippen molar-refractivity contribution >= 4 is 5.69 Å². The van der Waals surface area contributed by atoms with E-state index in [1.807, 2.05) is 6.07 Å². The average molecular weight is 195 g/mol. The number of hydrogen-bond donors (Lipinski definition) is 1. The summed E-state index contributed by atoms with van der Waals surface area (Å²) >= 11 is 0. The molecule has 0 fully saturated rings. The van der Waals surface area contributed by atoms with Crippen LogP contribution in [0.25, 0.3) is 0 Å². The fourth-order valence-corrected chi connectivity index (χ4v) is 1.54. The zero-order valence-electron chi connectivity index (χ0n) is 8.89. The molecule has 1 aromatic rings. The van der Waals surface area contributed by atoms with Crippen LogP contribution in [0.1, 0.15) is 33.1 Å². The fraction of sp³-hybridized carbons (Fsp3) is 0.500. The number of rotatable bonds is 5. The minimum absolute atomic E-state index is 0.179. The smallest absolute Gasteiger partial charge is 0.125 e. The molecule has 0 aliphatic heterocycles. The zero-order valence-corrected chi connectivity index (χ0v) is 8.89. The summed E-state index contributed by atoms with van der Waals surface area (Å²) in [5.41, 5.74) is 0.880. The van der Waals surface area contributed by atoms with E-state index in [1.165, 1.54) is 6.07 Å². The molecule has 78 valence electrons. The second kappa shape index (κ2) is 5.63. The highest BCUT2D eigenvalue weighted by Gasteiger charge is 2.04. The van der Waals surface area contributed by atoms with Gasteiger partial charge in [-0.3, -0.25) is 0 Å². The van der Waals surface area contributed by atoms with Gasteiger partial charge >= 0.3 is 0 Å². The van der Waals surface area contributed by atoms with E-state index in [1.54, 1.807) is 12.1 Å². The first-order chi connectivity index (χ1) is 6.76. The molecule has 0 saturated heterocycles. The predicted molar refractivity (Wildman–Crippen MR) is 59.0 cm³/mol. The molecule has 0 saturated carbocycles. The Morgan fingerprint density at radius 3 is 2.71 bits per heavy atom. The molecule has 1 unspecified atom stereocenters. The number of nitrogens with one attached hydrogen (secondary N) is 1. The maximum absolute atomic E-state index is 12.9. The van der Waals surface area contributed by atoms with Crippen molar-refractivity contribution in [1.82, 2.24) is 0 Å². The SMILES string of the molecule is CCCC(CC)Nc1cccc(F)c1. The van der Waals surface area contributed by atoms with E-state index in [4.69, 9.17) is 0 Å². The number of halogens is 1. The van der Waals surface area contributed by atoms with E-state index < -0.39 is 0 Å². The Bertz CT molecular complexity index is 273. The summed E-state index contributed by atoms with van der Waals surface area (Å²) in [5, 5.41) is 3.33. The normalized spacial score (nSPS) is 12.5. The van der Waals surface area contributed by atoms with E-state index >= 15 is 0 Å². The lowest BCUT2D eigenvalue weighted by atomic mass is 10.1. The number of anilines is 1. The molecular weight excluding hydrogens is 177 g/mol. The van der Waals surface area contributed by atoms with E-state index in [-0.39, 0.29) is 5.82 Å². The molecule has 1 aromatic carbocycles. The van der Waals surface area contributed by atoms with Gasteiger partial charge in [0.2, 0.25) is 0 Å². The Labute approximate surface area is 85.3 Å². The van der Waals surface area contributed by atoms with Gasteiger partial charge in [-0.2, -0.15) is 0 Å². The van der Waals surface area contributed by atoms with Crippen molar-refractivity contribution in [3.05, 3.63) is 30.1 Å². The Balaban J connectivity index is 2.57. The van der Waals surface area contributed by atoms with Gasteiger partial charge in [0, 0.05) is 11.7 Å². The lowest BCUT2D eigenvalue weighted by Gasteiger charge is -2.17. The summed E-state index contributed by atoms with van der Waals surface area (Å²) < 4.78 is 12.9. The second-order valence-corrected chi connectivity index (χ2v) is 3.55. The molecule has 0 heterocycles. The lowest BCUT2D eigenvalue weighted by molar-refractivity contribution is 0.615. The molecule has 0 aromatic heterocycles. The monoisotopic (exact) mass is 195 g/mol. The van der Waals surface area contributed by atoms with Crippen molar-refractivity contribution in [2.24, 2.45) is 0 Å². The van der Waals surface area contributed by atoms with Crippen LogP contribution < -0.4 is 5.32 Å². The Hall–Kier alpha value is -1.05. The molecule has 1 N–H and O–H groups in total. The van der Waals surface area contributed by atoms with Crippen LogP contribution >= 0.6 is 0 Å². The van der Waals surface area contributed by atoms with Gasteiger partial charge in [0.1, 0.15) is 5.82 Å². The third-order valence-corrected chi connectivity index (χ3v) is 2.33. The van der Waals surface area contributed by atoms with Crippen LogP contribution in [0.3, 0.4) is 0 Å². The quantitative estimate of drug-likeness (QED) is 0.753. The minimum atomic E-state index is -0.179. The molecule has 1 nitrogen and oxygen atoms in total. The maximum Gasteiger partial charge on any atom is 0.125 e. The summed E-state index contributed by atoms with van der Waals surface area (Å²) in [5.74, 6) is -0.179. The van der Waals surface area contributed by atoms with Gasteiger partial charge < -0.3 is 5.32 Å². The Kier molecular flexibility index (Phi) is 4.44. The number of hydrogen-bond acceptors (Lipinski definition) is 1. The van der Waals surface area contributed by atoms with Crippen molar-refractivity contribution in [2.45, 2.75) is 39.2 Å². The van der Waals surface area contributed by atoms with Crippen LogP contribution in [0, 0.1) is 5.82 Å². The van der Waals surface area contributed by atoms with Gasteiger partial charge in [0.25, 0.3) is 0 Å². The molecule has 1 rings (SSSR count). The molecule has 0 aliphatic rings. The Morgan fingerprint density at radius 2 is 2.14 bits per heavy atom. The molecule has 0 bridgehead atoms. The first kappa shape index (κ1) is 11.0. The van der Waals surface area contributed by atoms with Gasteiger partial charge in [0.15, 0.2) is 0 Å². The van der Waals surface area contributed by atoms with Crippen LogP contribution in [0.15, 0.2) is 24.3 Å². The topological polar surface area (TPSA) is 12.0 Å². The molecule has 0 radical (unpaired) electrons. The van der Waals surface area contributed by atoms with Crippen LogP contribution in [0.2, 0.25) is 0 Å². The first-order valence-corrected chi connectivity index (χ1v) is 5.28. The average Bonchev–Trinajstić information content (AvgIpc) is 2.17. The standard InChI is InChI=1S/C12H18FN/c1-3-6-11(4-2)14-12-8-5-7-10(13)9-12/h5,7-9,11,14H,3-4,6H2,1-2H3. The molecule has 0 aliphatic carbocycles. The lowest BCUT2D eigenvalue weighted by Crippen LogP contribution is -2.17. The van der Waals surface area contributed by atoms with Crippen molar-refractivity contribution in [3.8, 4) is 0 Å². The summed E-state index contributed by atoms with van der Waals surface area (Å²) in [4.78, 5) is 0. The second-order valence-electron chi connectivity index (χ2n) is 3.55. The molecule has 2 heteroatoms. The van der Waals surface area contributed by atoms with Gasteiger partial charge in [0.05, 0.1) is 0 Å². The van der Waals surface area contributed by atoms with Crippen LogP contribution in [-0.2, 0) is 0 Å². The third kappa shape index (κ3) is 3.36. The summed E-state index contributed by atoms with van der Waals surface area (Å²) in [6.45, 7) is 4.31. The highest BCUT2D eigenvalue weighted by molar-refractivity contribution is 5.43. The zero-order chi connectivity index (χ0) is 10.4. The van der Waals surface area contributed by atoms with Gasteiger partial charge in [-0.25, -0.2) is 4.39 Å². The molecule has 0 amide bonds. The largest absolute Gasteiger partial charge is 0.382 e. The van der Waals surface area contributed by atoms with Gasteiger partial charge in [-0.15, -0.1) is 0 Å². The van der Waals surface area contributed by atoms with Crippen molar-refractivity contribution in [3.63, 3.8) is 0 Å². The van der Waals surface area contributed by atoms with Crippen LogP contribution in [0.4, 0.5) is 10.1 Å². The van der Waals surface area contributed by atoms with Crippen LogP contribution in [-0.4, -0.2) is 6.04 Å². The minimum Gasteiger partial charge on any atom is -0.382 e. The van der Waals surface area contributed by atoms with E-state index in [2.05, 4.69) is 19.2 Å². The van der Waals surface area contributed by atoms with Gasteiger partial charge in [-0.1, -0.05) is 26.3 Å². The first-order valence-electron chi connectivity index (χ1n) is 5.28. The van der Waals surface area contributed by atoms with E-state index in [9.17, 15) is 4.39 Å². The van der Waals surface area contributed by atoms with E-state index in [0.717, 1.165) is 24.9 Å². The van der Waals surface area contributed by atoms with Crippen molar-refractivity contribution < 1.29 is 4.39 Å². The fourth-order valence-electron chi connectivity index (χ4n) is 1.54. The maximum atomic E-state index is 12.9. The van der Waals surface area contributed by atoms with Crippen LogP contribution in [0.5, 0.6) is 0 Å². The van der Waals surface area contributed by atoms with E-state index in [0.29, 0.717) is 6.04 Å².